The highest BCUT2D eigenvalue weighted by atomic mass is 35.5. The van der Waals surface area contributed by atoms with Gasteiger partial charge in [-0.05, 0) is 35.9 Å². The summed E-state index contributed by atoms with van der Waals surface area (Å²) in [5.74, 6) is 0.861. The van der Waals surface area contributed by atoms with Crippen molar-refractivity contribution in [2.45, 2.75) is 13.3 Å². The average molecular weight is 408 g/mol. The van der Waals surface area contributed by atoms with Crippen molar-refractivity contribution in [3.63, 3.8) is 0 Å². The van der Waals surface area contributed by atoms with Crippen LogP contribution >= 0.6 is 11.6 Å². The van der Waals surface area contributed by atoms with Gasteiger partial charge in [0, 0.05) is 23.5 Å². The molecule has 1 N–H and O–H groups in total. The normalized spacial score (nSPS) is 10.7. The van der Waals surface area contributed by atoms with E-state index in [1.54, 1.807) is 33.9 Å². The van der Waals surface area contributed by atoms with Crippen LogP contribution in [0.5, 0.6) is 5.75 Å². The Bertz CT molecular complexity index is 1090. The largest absolute Gasteiger partial charge is 0.471 e. The van der Waals surface area contributed by atoms with Crippen molar-refractivity contribution in [3.05, 3.63) is 95.4 Å². The van der Waals surface area contributed by atoms with Crippen LogP contribution in [0, 0.1) is 0 Å². The van der Waals surface area contributed by atoms with Crippen LogP contribution in [0.25, 0.3) is 0 Å². The van der Waals surface area contributed by atoms with E-state index < -0.39 is 0 Å². The van der Waals surface area contributed by atoms with Gasteiger partial charge in [-0.2, -0.15) is 10.2 Å². The molecule has 0 atom stereocenters. The number of carbonyl (C=O) groups is 1. The summed E-state index contributed by atoms with van der Waals surface area (Å²) < 4.78 is 8.91. The van der Waals surface area contributed by atoms with Crippen molar-refractivity contribution in [2.75, 3.05) is 5.32 Å². The number of anilines is 1. The molecule has 8 heteroatoms. The number of halogens is 1. The van der Waals surface area contributed by atoms with Gasteiger partial charge in [0.05, 0.1) is 6.54 Å². The second-order valence-corrected chi connectivity index (χ2v) is 6.74. The number of benzene rings is 2. The quantitative estimate of drug-likeness (QED) is 0.501. The first-order valence-electron chi connectivity index (χ1n) is 8.96. The summed E-state index contributed by atoms with van der Waals surface area (Å²) >= 11 is 5.90. The summed E-state index contributed by atoms with van der Waals surface area (Å²) in [6.45, 7) is 0.797. The summed E-state index contributed by atoms with van der Waals surface area (Å²) in [6.07, 6.45) is 3.49. The van der Waals surface area contributed by atoms with Crippen molar-refractivity contribution < 1.29 is 9.53 Å². The predicted molar refractivity (Wildman–Crippen MR) is 110 cm³/mol. The van der Waals surface area contributed by atoms with E-state index >= 15 is 0 Å². The number of nitrogens with zero attached hydrogens (tertiary/aromatic N) is 4. The van der Waals surface area contributed by atoms with Gasteiger partial charge in [-0.3, -0.25) is 9.48 Å². The molecule has 2 aromatic heterocycles. The molecular formula is C21H18ClN5O2. The zero-order valence-electron chi connectivity index (χ0n) is 15.4. The fourth-order valence-corrected chi connectivity index (χ4v) is 2.81. The molecule has 2 heterocycles. The van der Waals surface area contributed by atoms with Gasteiger partial charge in [-0.25, -0.2) is 4.68 Å². The molecule has 0 aliphatic rings. The maximum Gasteiger partial charge on any atom is 0.277 e. The molecule has 146 valence electrons. The highest BCUT2D eigenvalue weighted by Crippen LogP contribution is 2.12. The Morgan fingerprint density at radius 2 is 1.69 bits per heavy atom. The minimum Gasteiger partial charge on any atom is -0.471 e. The number of hydrogen-bond acceptors (Lipinski definition) is 4. The predicted octanol–water partition coefficient (Wildman–Crippen LogP) is 4.07. The molecule has 0 radical (unpaired) electrons. The van der Waals surface area contributed by atoms with Crippen molar-refractivity contribution >= 4 is 23.3 Å². The fraction of sp³-hybridized carbons (Fsp3) is 0.0952. The third kappa shape index (κ3) is 5.03. The van der Waals surface area contributed by atoms with E-state index in [0.717, 1.165) is 11.3 Å². The molecule has 0 fully saturated rings. The number of nitrogens with one attached hydrogen (secondary N) is 1. The summed E-state index contributed by atoms with van der Waals surface area (Å²) in [5.41, 5.74) is 1.35. The second kappa shape index (κ2) is 8.62. The van der Waals surface area contributed by atoms with Crippen molar-refractivity contribution in [1.29, 1.82) is 0 Å². The summed E-state index contributed by atoms with van der Waals surface area (Å²) in [5, 5.41) is 12.0. The standard InChI is InChI=1S/C21H18ClN5O2/c22-17-8-6-16(7-9-17)14-26-13-11-20(25-26)23-21(28)19-10-12-27(24-19)15-29-18-4-2-1-3-5-18/h1-13H,14-15H2,(H,23,25,28). The molecule has 0 spiro atoms. The van der Waals surface area contributed by atoms with Gasteiger partial charge >= 0.3 is 0 Å². The Kier molecular flexibility index (Phi) is 5.58. The Balaban J connectivity index is 1.33. The lowest BCUT2D eigenvalue weighted by atomic mass is 10.2. The number of ether oxygens (including phenoxy) is 1. The molecule has 0 saturated heterocycles. The van der Waals surface area contributed by atoms with Gasteiger partial charge < -0.3 is 10.1 Å². The van der Waals surface area contributed by atoms with Crippen LogP contribution in [0.4, 0.5) is 5.82 Å². The molecule has 29 heavy (non-hydrogen) atoms. The number of amides is 1. The van der Waals surface area contributed by atoms with Gasteiger partial charge in [0.2, 0.25) is 0 Å². The van der Waals surface area contributed by atoms with Gasteiger partial charge in [-0.1, -0.05) is 41.9 Å². The number of para-hydroxylation sites is 1. The highest BCUT2D eigenvalue weighted by molar-refractivity contribution is 6.30. The van der Waals surface area contributed by atoms with Gasteiger partial charge in [0.1, 0.15) is 5.75 Å². The lowest BCUT2D eigenvalue weighted by molar-refractivity contribution is 0.101. The first-order valence-corrected chi connectivity index (χ1v) is 9.34. The smallest absolute Gasteiger partial charge is 0.277 e. The maximum atomic E-state index is 12.4. The number of hydrogen-bond donors (Lipinski definition) is 1. The van der Waals surface area contributed by atoms with Crippen LogP contribution in [-0.4, -0.2) is 25.5 Å². The van der Waals surface area contributed by atoms with E-state index in [4.69, 9.17) is 16.3 Å². The molecule has 0 bridgehead atoms. The van der Waals surface area contributed by atoms with Crippen molar-refractivity contribution in [2.24, 2.45) is 0 Å². The molecule has 4 rings (SSSR count). The minimum absolute atomic E-state index is 0.215. The number of aromatic nitrogens is 4. The molecule has 2 aromatic carbocycles. The molecule has 0 aliphatic heterocycles. The SMILES string of the molecule is O=C(Nc1ccn(Cc2ccc(Cl)cc2)n1)c1ccn(COc2ccccc2)n1. The zero-order chi connectivity index (χ0) is 20.1. The molecule has 0 aliphatic carbocycles. The second-order valence-electron chi connectivity index (χ2n) is 6.31. The first kappa shape index (κ1) is 18.8. The van der Waals surface area contributed by atoms with Crippen LogP contribution in [-0.2, 0) is 13.3 Å². The monoisotopic (exact) mass is 407 g/mol. The van der Waals surface area contributed by atoms with Gasteiger partial charge in [0.25, 0.3) is 5.91 Å². The third-order valence-corrected chi connectivity index (χ3v) is 4.37. The number of carbonyl (C=O) groups excluding carboxylic acids is 1. The van der Waals surface area contributed by atoms with Crippen LogP contribution in [0.1, 0.15) is 16.1 Å². The van der Waals surface area contributed by atoms with Crippen LogP contribution in [0.15, 0.2) is 79.1 Å². The molecule has 0 saturated carbocycles. The Hall–Kier alpha value is -3.58. The third-order valence-electron chi connectivity index (χ3n) is 4.12. The molecule has 7 nitrogen and oxygen atoms in total. The summed E-state index contributed by atoms with van der Waals surface area (Å²) in [6, 6.07) is 20.3. The lowest BCUT2D eigenvalue weighted by Crippen LogP contribution is -2.15. The van der Waals surface area contributed by atoms with Crippen LogP contribution < -0.4 is 10.1 Å². The van der Waals surface area contributed by atoms with Gasteiger partial charge in [-0.15, -0.1) is 0 Å². The van der Waals surface area contributed by atoms with E-state index in [-0.39, 0.29) is 18.3 Å². The maximum absolute atomic E-state index is 12.4. The topological polar surface area (TPSA) is 74.0 Å². The zero-order valence-corrected chi connectivity index (χ0v) is 16.2. The van der Waals surface area contributed by atoms with Crippen molar-refractivity contribution in [1.82, 2.24) is 19.6 Å². The van der Waals surface area contributed by atoms with E-state index in [1.165, 1.54) is 0 Å². The van der Waals surface area contributed by atoms with Crippen molar-refractivity contribution in [3.8, 4) is 5.75 Å². The fourth-order valence-electron chi connectivity index (χ4n) is 2.69. The molecule has 1 amide bonds. The molecule has 4 aromatic rings. The highest BCUT2D eigenvalue weighted by Gasteiger charge is 2.12. The Labute approximate surface area is 172 Å². The minimum atomic E-state index is -0.333. The average Bonchev–Trinajstić information content (AvgIpc) is 3.39. The lowest BCUT2D eigenvalue weighted by Gasteiger charge is -2.05. The summed E-state index contributed by atoms with van der Waals surface area (Å²) in [7, 11) is 0. The van der Waals surface area contributed by atoms with Gasteiger partial charge in [0.15, 0.2) is 18.2 Å². The van der Waals surface area contributed by atoms with E-state index in [1.807, 2.05) is 54.6 Å². The number of rotatable bonds is 7. The van der Waals surface area contributed by atoms with Crippen LogP contribution in [0.2, 0.25) is 5.02 Å². The Morgan fingerprint density at radius 3 is 2.48 bits per heavy atom. The van der Waals surface area contributed by atoms with E-state index in [2.05, 4.69) is 15.5 Å². The Morgan fingerprint density at radius 1 is 0.931 bits per heavy atom. The first-order chi connectivity index (χ1) is 14.2. The van der Waals surface area contributed by atoms with Crippen LogP contribution in [0.3, 0.4) is 0 Å². The molecular weight excluding hydrogens is 390 g/mol. The molecule has 0 unspecified atom stereocenters. The summed E-state index contributed by atoms with van der Waals surface area (Å²) in [4.78, 5) is 12.4. The van der Waals surface area contributed by atoms with E-state index in [9.17, 15) is 4.79 Å². The van der Waals surface area contributed by atoms with E-state index in [0.29, 0.717) is 17.4 Å².